The summed E-state index contributed by atoms with van der Waals surface area (Å²) in [6, 6.07) is 7.96. The summed E-state index contributed by atoms with van der Waals surface area (Å²) in [6.07, 6.45) is 0. The zero-order valence-electron chi connectivity index (χ0n) is 11.8. The fraction of sp³-hybridized carbons (Fsp3) is 0.0714. The topological polar surface area (TPSA) is 115 Å². The van der Waals surface area contributed by atoms with Gasteiger partial charge in [-0.15, -0.1) is 0 Å². The number of halogens is 1. The second kappa shape index (κ2) is 6.53. The van der Waals surface area contributed by atoms with Gasteiger partial charge in [-0.1, -0.05) is 0 Å². The maximum absolute atomic E-state index is 12.2. The van der Waals surface area contributed by atoms with Gasteiger partial charge >= 0.3 is 0 Å². The Hall–Kier alpha value is -2.81. The van der Waals surface area contributed by atoms with E-state index in [1.807, 2.05) is 0 Å². The van der Waals surface area contributed by atoms with Crippen LogP contribution in [0.1, 0.15) is 15.9 Å². The van der Waals surface area contributed by atoms with Crippen molar-refractivity contribution in [3.8, 4) is 0 Å². The van der Waals surface area contributed by atoms with E-state index in [0.717, 1.165) is 0 Å². The summed E-state index contributed by atoms with van der Waals surface area (Å²) in [5.41, 5.74) is 0.791. The number of nitrogens with zero attached hydrogens (tertiary/aromatic N) is 2. The summed E-state index contributed by atoms with van der Waals surface area (Å²) in [6.45, 7) is 1.54. The van der Waals surface area contributed by atoms with Gasteiger partial charge < -0.3 is 5.32 Å². The van der Waals surface area contributed by atoms with E-state index in [0.29, 0.717) is 15.7 Å². The first-order chi connectivity index (χ1) is 10.8. The third-order valence-electron chi connectivity index (χ3n) is 3.07. The third-order valence-corrected chi connectivity index (χ3v) is 3.72. The van der Waals surface area contributed by atoms with Crippen molar-refractivity contribution >= 4 is 38.9 Å². The Labute approximate surface area is 138 Å². The number of benzene rings is 2. The highest BCUT2D eigenvalue weighted by Gasteiger charge is 2.15. The predicted molar refractivity (Wildman–Crippen MR) is 86.6 cm³/mol. The molecule has 0 aliphatic carbocycles. The van der Waals surface area contributed by atoms with Crippen LogP contribution in [0.15, 0.2) is 40.9 Å². The van der Waals surface area contributed by atoms with Crippen LogP contribution in [0, 0.1) is 27.2 Å². The normalized spacial score (nSPS) is 10.2. The molecule has 0 unspecified atom stereocenters. The van der Waals surface area contributed by atoms with E-state index < -0.39 is 15.8 Å². The first-order valence-corrected chi connectivity index (χ1v) is 7.09. The van der Waals surface area contributed by atoms with Crippen LogP contribution in [0.5, 0.6) is 0 Å². The molecule has 1 N–H and O–H groups in total. The van der Waals surface area contributed by atoms with Crippen LogP contribution >= 0.6 is 15.9 Å². The highest BCUT2D eigenvalue weighted by Crippen LogP contribution is 2.28. The number of amides is 1. The molecule has 2 aromatic carbocycles. The average Bonchev–Trinajstić information content (AvgIpc) is 2.48. The highest BCUT2D eigenvalue weighted by atomic mass is 79.9. The molecule has 0 aromatic heterocycles. The second-order valence-corrected chi connectivity index (χ2v) is 5.49. The van der Waals surface area contributed by atoms with E-state index in [1.165, 1.54) is 43.3 Å². The Morgan fingerprint density at radius 1 is 1.09 bits per heavy atom. The van der Waals surface area contributed by atoms with Crippen molar-refractivity contribution in [1.29, 1.82) is 0 Å². The Morgan fingerprint density at radius 3 is 2.30 bits per heavy atom. The number of nitrogens with one attached hydrogen (secondary N) is 1. The molecule has 0 aliphatic heterocycles. The largest absolute Gasteiger partial charge is 0.321 e. The van der Waals surface area contributed by atoms with E-state index in [1.54, 1.807) is 0 Å². The molecule has 0 saturated carbocycles. The number of hydrogen-bond acceptors (Lipinski definition) is 5. The maximum Gasteiger partial charge on any atom is 0.272 e. The summed E-state index contributed by atoms with van der Waals surface area (Å²) in [5.74, 6) is -0.474. The van der Waals surface area contributed by atoms with Crippen molar-refractivity contribution in [2.75, 3.05) is 5.32 Å². The van der Waals surface area contributed by atoms with Crippen molar-refractivity contribution < 1.29 is 14.6 Å². The lowest BCUT2D eigenvalue weighted by atomic mass is 10.1. The van der Waals surface area contributed by atoms with Gasteiger partial charge in [-0.3, -0.25) is 25.0 Å². The quantitative estimate of drug-likeness (QED) is 0.639. The molecule has 0 bridgehead atoms. The van der Waals surface area contributed by atoms with E-state index in [9.17, 15) is 25.0 Å². The number of nitro benzene ring substituents is 2. The number of aryl methyl sites for hydroxylation is 1. The van der Waals surface area contributed by atoms with Gasteiger partial charge in [0.05, 0.1) is 15.5 Å². The van der Waals surface area contributed by atoms with Crippen molar-refractivity contribution in [3.05, 3.63) is 72.2 Å². The Balaban J connectivity index is 2.24. The lowest BCUT2D eigenvalue weighted by Gasteiger charge is -2.08. The van der Waals surface area contributed by atoms with E-state index >= 15 is 0 Å². The second-order valence-electron chi connectivity index (χ2n) is 4.63. The minimum absolute atomic E-state index is 0.0712. The fourth-order valence-electron chi connectivity index (χ4n) is 1.91. The van der Waals surface area contributed by atoms with Crippen LogP contribution in [0.4, 0.5) is 17.1 Å². The lowest BCUT2D eigenvalue weighted by molar-refractivity contribution is -0.385. The maximum atomic E-state index is 12.2. The number of anilines is 1. The smallest absolute Gasteiger partial charge is 0.272 e. The number of non-ortho nitro benzene ring substituents is 1. The molecule has 1 amide bonds. The van der Waals surface area contributed by atoms with Gasteiger partial charge in [0.1, 0.15) is 0 Å². The van der Waals surface area contributed by atoms with Crippen LogP contribution in [-0.4, -0.2) is 15.8 Å². The van der Waals surface area contributed by atoms with Gasteiger partial charge in [-0.25, -0.2) is 0 Å². The summed E-state index contributed by atoms with van der Waals surface area (Å²) in [4.78, 5) is 32.6. The molecule has 2 rings (SSSR count). The van der Waals surface area contributed by atoms with Gasteiger partial charge in [0.2, 0.25) is 0 Å². The molecule has 118 valence electrons. The molecule has 0 saturated heterocycles. The summed E-state index contributed by atoms with van der Waals surface area (Å²) in [7, 11) is 0. The molecule has 0 atom stereocenters. The molecule has 23 heavy (non-hydrogen) atoms. The van der Waals surface area contributed by atoms with Crippen molar-refractivity contribution in [2.24, 2.45) is 0 Å². The predicted octanol–water partition coefficient (Wildman–Crippen LogP) is 3.83. The molecule has 8 nitrogen and oxygen atoms in total. The number of carbonyl (C=O) groups excluding carboxylic acids is 1. The Bertz CT molecular complexity index is 822. The molecule has 0 spiro atoms. The van der Waals surface area contributed by atoms with Gasteiger partial charge in [-0.2, -0.15) is 0 Å². The van der Waals surface area contributed by atoms with Crippen LogP contribution in [-0.2, 0) is 0 Å². The highest BCUT2D eigenvalue weighted by molar-refractivity contribution is 9.10. The number of carbonyl (C=O) groups is 1. The van der Waals surface area contributed by atoms with Crippen molar-refractivity contribution in [2.45, 2.75) is 6.92 Å². The molecule has 0 aliphatic rings. The third kappa shape index (κ3) is 3.69. The Morgan fingerprint density at radius 2 is 1.78 bits per heavy atom. The molecular weight excluding hydrogens is 370 g/mol. The van der Waals surface area contributed by atoms with Gasteiger partial charge in [0, 0.05) is 33.8 Å². The van der Waals surface area contributed by atoms with Gasteiger partial charge in [0.15, 0.2) is 0 Å². The average molecular weight is 380 g/mol. The molecule has 0 fully saturated rings. The summed E-state index contributed by atoms with van der Waals surface area (Å²) >= 11 is 3.15. The summed E-state index contributed by atoms with van der Waals surface area (Å²) < 4.78 is 0.360. The number of rotatable bonds is 4. The number of hydrogen-bond donors (Lipinski definition) is 1. The van der Waals surface area contributed by atoms with E-state index in [-0.39, 0.29) is 16.9 Å². The number of nitro groups is 2. The molecule has 9 heteroatoms. The molecular formula is C14H10BrN3O5. The van der Waals surface area contributed by atoms with E-state index in [4.69, 9.17) is 0 Å². The monoisotopic (exact) mass is 379 g/mol. The first kappa shape index (κ1) is 16.6. The SMILES string of the molecule is Cc1cc(C(=O)Nc2ccc([N+](=O)[O-])cc2Br)ccc1[N+](=O)[O-]. The minimum Gasteiger partial charge on any atom is -0.321 e. The molecule has 0 radical (unpaired) electrons. The molecule has 0 heterocycles. The summed E-state index contributed by atoms with van der Waals surface area (Å²) in [5, 5.41) is 24.0. The first-order valence-electron chi connectivity index (χ1n) is 6.30. The Kier molecular flexibility index (Phi) is 4.70. The zero-order chi connectivity index (χ0) is 17.1. The van der Waals surface area contributed by atoms with Crippen molar-refractivity contribution in [3.63, 3.8) is 0 Å². The van der Waals surface area contributed by atoms with Crippen LogP contribution in [0.25, 0.3) is 0 Å². The molecule has 2 aromatic rings. The van der Waals surface area contributed by atoms with Crippen LogP contribution in [0.2, 0.25) is 0 Å². The van der Waals surface area contributed by atoms with Crippen LogP contribution < -0.4 is 5.32 Å². The van der Waals surface area contributed by atoms with Crippen molar-refractivity contribution in [1.82, 2.24) is 0 Å². The fourth-order valence-corrected chi connectivity index (χ4v) is 2.38. The lowest BCUT2D eigenvalue weighted by Crippen LogP contribution is -2.12. The zero-order valence-corrected chi connectivity index (χ0v) is 13.4. The van der Waals surface area contributed by atoms with Crippen LogP contribution in [0.3, 0.4) is 0 Å². The standard InChI is InChI=1S/C14H10BrN3O5/c1-8-6-9(2-5-13(8)18(22)23)14(19)16-12-4-3-10(17(20)21)7-11(12)15/h2-7H,1H3,(H,16,19). The minimum atomic E-state index is -0.546. The van der Waals surface area contributed by atoms with Gasteiger partial charge in [-0.05, 0) is 41.1 Å². The van der Waals surface area contributed by atoms with Gasteiger partial charge in [0.25, 0.3) is 17.3 Å². The van der Waals surface area contributed by atoms with E-state index in [2.05, 4.69) is 21.2 Å².